The van der Waals surface area contributed by atoms with Gasteiger partial charge in [-0.25, -0.2) is 8.78 Å². The molecule has 100 valence electrons. The van der Waals surface area contributed by atoms with Crippen molar-refractivity contribution in [3.05, 3.63) is 62.6 Å². The van der Waals surface area contributed by atoms with Crippen molar-refractivity contribution in [2.75, 3.05) is 5.32 Å². The average Bonchev–Trinajstić information content (AvgIpc) is 2.32. The molecule has 0 saturated carbocycles. The van der Waals surface area contributed by atoms with E-state index in [9.17, 15) is 8.78 Å². The number of anilines is 1. The van der Waals surface area contributed by atoms with Gasteiger partial charge in [-0.2, -0.15) is 0 Å². The van der Waals surface area contributed by atoms with E-state index in [0.717, 1.165) is 5.56 Å². The molecule has 0 heterocycles. The maximum atomic E-state index is 13.6. The van der Waals surface area contributed by atoms with Crippen molar-refractivity contribution in [1.82, 2.24) is 0 Å². The summed E-state index contributed by atoms with van der Waals surface area (Å²) in [6, 6.07) is 7.41. The van der Waals surface area contributed by atoms with Crippen molar-refractivity contribution >= 4 is 33.2 Å². The lowest BCUT2D eigenvalue weighted by atomic mass is 10.1. The van der Waals surface area contributed by atoms with Gasteiger partial charge in [0.1, 0.15) is 11.6 Å². The predicted molar refractivity (Wildman–Crippen MR) is 77.6 cm³/mol. The lowest BCUT2D eigenvalue weighted by Gasteiger charge is -2.12. The predicted octanol–water partition coefficient (Wildman–Crippen LogP) is 5.30. The highest BCUT2D eigenvalue weighted by molar-refractivity contribution is 9.10. The Balaban J connectivity index is 2.21. The highest BCUT2D eigenvalue weighted by Gasteiger charge is 2.09. The third kappa shape index (κ3) is 3.45. The van der Waals surface area contributed by atoms with Crippen molar-refractivity contribution in [3.63, 3.8) is 0 Å². The molecule has 0 fully saturated rings. The summed E-state index contributed by atoms with van der Waals surface area (Å²) < 4.78 is 27.2. The summed E-state index contributed by atoms with van der Waals surface area (Å²) in [5.41, 5.74) is 2.05. The summed E-state index contributed by atoms with van der Waals surface area (Å²) in [5, 5.41) is 3.26. The van der Waals surface area contributed by atoms with Crippen molar-refractivity contribution in [2.45, 2.75) is 13.5 Å². The minimum Gasteiger partial charge on any atom is -0.379 e. The molecule has 0 amide bonds. The van der Waals surface area contributed by atoms with Crippen molar-refractivity contribution in [1.29, 1.82) is 0 Å². The molecule has 0 aliphatic carbocycles. The van der Waals surface area contributed by atoms with E-state index >= 15 is 0 Å². The Labute approximate surface area is 123 Å². The number of halogens is 4. The Hall–Kier alpha value is -1.13. The van der Waals surface area contributed by atoms with Gasteiger partial charge in [-0.3, -0.25) is 0 Å². The summed E-state index contributed by atoms with van der Waals surface area (Å²) in [5.74, 6) is -0.711. The highest BCUT2D eigenvalue weighted by atomic mass is 79.9. The fourth-order valence-corrected chi connectivity index (χ4v) is 2.69. The molecular formula is C14H11BrClF2N. The first-order valence-corrected chi connectivity index (χ1v) is 6.78. The van der Waals surface area contributed by atoms with Crippen LogP contribution in [0.25, 0.3) is 0 Å². The maximum Gasteiger partial charge on any atom is 0.128 e. The molecule has 19 heavy (non-hydrogen) atoms. The zero-order valence-electron chi connectivity index (χ0n) is 10.1. The lowest BCUT2D eigenvalue weighted by molar-refractivity contribution is 0.612. The first kappa shape index (κ1) is 14.3. The van der Waals surface area contributed by atoms with E-state index in [1.807, 2.05) is 6.92 Å². The standard InChI is InChI=1S/C14H11BrClF2N/c1-8-2-3-13(18)9(4-8)7-19-14-11(15)5-10(17)6-12(14)16/h2-6,19H,7H2,1H3. The van der Waals surface area contributed by atoms with Gasteiger partial charge in [0.05, 0.1) is 10.7 Å². The second kappa shape index (κ2) is 5.88. The van der Waals surface area contributed by atoms with Gasteiger partial charge in [-0.15, -0.1) is 0 Å². The van der Waals surface area contributed by atoms with Crippen LogP contribution < -0.4 is 5.32 Å². The molecule has 2 aromatic rings. The van der Waals surface area contributed by atoms with Crippen LogP contribution in [0.4, 0.5) is 14.5 Å². The molecule has 5 heteroatoms. The van der Waals surface area contributed by atoms with Gasteiger partial charge in [0.15, 0.2) is 0 Å². The molecule has 0 aliphatic heterocycles. The fraction of sp³-hybridized carbons (Fsp3) is 0.143. The van der Waals surface area contributed by atoms with Crippen LogP contribution >= 0.6 is 27.5 Å². The van der Waals surface area contributed by atoms with Crippen LogP contribution in [0.15, 0.2) is 34.8 Å². The van der Waals surface area contributed by atoms with Gasteiger partial charge in [-0.1, -0.05) is 29.3 Å². The van der Waals surface area contributed by atoms with Crippen LogP contribution in [0.2, 0.25) is 5.02 Å². The van der Waals surface area contributed by atoms with Crippen LogP contribution in [0.1, 0.15) is 11.1 Å². The van der Waals surface area contributed by atoms with Crippen molar-refractivity contribution in [2.24, 2.45) is 0 Å². The maximum absolute atomic E-state index is 13.6. The Morgan fingerprint density at radius 1 is 1.21 bits per heavy atom. The first-order valence-electron chi connectivity index (χ1n) is 5.61. The molecule has 2 rings (SSSR count). The molecule has 2 aromatic carbocycles. The Morgan fingerprint density at radius 2 is 1.95 bits per heavy atom. The average molecular weight is 347 g/mol. The quantitative estimate of drug-likeness (QED) is 0.795. The van der Waals surface area contributed by atoms with E-state index in [1.165, 1.54) is 18.2 Å². The fourth-order valence-electron chi connectivity index (χ4n) is 1.73. The second-order valence-corrected chi connectivity index (χ2v) is 5.45. The third-order valence-electron chi connectivity index (χ3n) is 2.66. The third-order valence-corrected chi connectivity index (χ3v) is 3.59. The topological polar surface area (TPSA) is 12.0 Å². The minimum absolute atomic E-state index is 0.250. The summed E-state index contributed by atoms with van der Waals surface area (Å²) in [7, 11) is 0. The number of hydrogen-bond donors (Lipinski definition) is 1. The molecule has 1 nitrogen and oxygen atoms in total. The molecule has 0 radical (unpaired) electrons. The van der Waals surface area contributed by atoms with Crippen molar-refractivity contribution in [3.8, 4) is 0 Å². The molecule has 0 unspecified atom stereocenters. The first-order chi connectivity index (χ1) is 8.97. The van der Waals surface area contributed by atoms with E-state index < -0.39 is 5.82 Å². The van der Waals surface area contributed by atoms with E-state index in [1.54, 1.807) is 12.1 Å². The Bertz CT molecular complexity index is 593. The van der Waals surface area contributed by atoms with E-state index in [4.69, 9.17) is 11.6 Å². The van der Waals surface area contributed by atoms with Gasteiger partial charge >= 0.3 is 0 Å². The zero-order chi connectivity index (χ0) is 14.0. The van der Waals surface area contributed by atoms with Gasteiger partial charge < -0.3 is 5.32 Å². The lowest BCUT2D eigenvalue weighted by Crippen LogP contribution is -2.03. The Morgan fingerprint density at radius 3 is 2.63 bits per heavy atom. The molecule has 0 saturated heterocycles. The van der Waals surface area contributed by atoms with Gasteiger partial charge in [-0.05, 0) is 41.1 Å². The van der Waals surface area contributed by atoms with Crippen LogP contribution in [0, 0.1) is 18.6 Å². The number of hydrogen-bond acceptors (Lipinski definition) is 1. The summed E-state index contributed by atoms with van der Waals surface area (Å²) >= 11 is 9.17. The van der Waals surface area contributed by atoms with Crippen LogP contribution in [-0.2, 0) is 6.54 Å². The number of aryl methyl sites for hydroxylation is 1. The summed E-state index contributed by atoms with van der Waals surface area (Å²) in [6.07, 6.45) is 0. The zero-order valence-corrected chi connectivity index (χ0v) is 12.4. The SMILES string of the molecule is Cc1ccc(F)c(CNc2c(Cl)cc(F)cc2Br)c1. The molecular weight excluding hydrogens is 336 g/mol. The number of rotatable bonds is 3. The van der Waals surface area contributed by atoms with Crippen LogP contribution in [0.5, 0.6) is 0 Å². The normalized spacial score (nSPS) is 10.6. The van der Waals surface area contributed by atoms with Gasteiger partial charge in [0.25, 0.3) is 0 Å². The highest BCUT2D eigenvalue weighted by Crippen LogP contribution is 2.32. The summed E-state index contributed by atoms with van der Waals surface area (Å²) in [6.45, 7) is 2.17. The van der Waals surface area contributed by atoms with E-state index in [-0.39, 0.29) is 17.4 Å². The number of benzene rings is 2. The molecule has 1 N–H and O–H groups in total. The smallest absolute Gasteiger partial charge is 0.128 e. The van der Waals surface area contributed by atoms with Crippen molar-refractivity contribution < 1.29 is 8.78 Å². The number of nitrogens with one attached hydrogen (secondary N) is 1. The summed E-state index contributed by atoms with van der Waals surface area (Å²) in [4.78, 5) is 0. The minimum atomic E-state index is -0.427. The largest absolute Gasteiger partial charge is 0.379 e. The van der Waals surface area contributed by atoms with E-state index in [0.29, 0.717) is 15.7 Å². The van der Waals surface area contributed by atoms with E-state index in [2.05, 4.69) is 21.2 Å². The van der Waals surface area contributed by atoms with Gasteiger partial charge in [0, 0.05) is 16.6 Å². The van der Waals surface area contributed by atoms with Crippen LogP contribution in [0.3, 0.4) is 0 Å². The monoisotopic (exact) mass is 345 g/mol. The second-order valence-electron chi connectivity index (χ2n) is 4.19. The van der Waals surface area contributed by atoms with Crippen LogP contribution in [-0.4, -0.2) is 0 Å². The molecule has 0 bridgehead atoms. The molecule has 0 aromatic heterocycles. The molecule has 0 atom stereocenters. The molecule has 0 aliphatic rings. The molecule has 0 spiro atoms. The van der Waals surface area contributed by atoms with Gasteiger partial charge in [0.2, 0.25) is 0 Å². The Kier molecular flexibility index (Phi) is 4.42.